The summed E-state index contributed by atoms with van der Waals surface area (Å²) < 4.78 is 0. The second-order valence-corrected chi connectivity index (χ2v) is 3.18. The summed E-state index contributed by atoms with van der Waals surface area (Å²) in [4.78, 5) is 12.6. The predicted molar refractivity (Wildman–Crippen MR) is 39.8 cm³/mol. The first-order valence-electron chi connectivity index (χ1n) is 3.63. The van der Waals surface area contributed by atoms with E-state index in [2.05, 4.69) is 19.2 Å². The number of hydrogen-bond donors (Lipinski definition) is 1. The lowest BCUT2D eigenvalue weighted by Crippen LogP contribution is -2.30. The fourth-order valence-corrected chi connectivity index (χ4v) is 1.07. The van der Waals surface area contributed by atoms with Crippen molar-refractivity contribution in [1.29, 1.82) is 0 Å². The molecule has 0 spiro atoms. The Morgan fingerprint density at radius 1 is 1.70 bits per heavy atom. The molecule has 10 heavy (non-hydrogen) atoms. The molecule has 2 amide bonds. The Kier molecular flexibility index (Phi) is 1.83. The fourth-order valence-electron chi connectivity index (χ4n) is 1.07. The fraction of sp³-hybridized carbons (Fsp3) is 0.857. The van der Waals surface area contributed by atoms with Crippen molar-refractivity contribution in [3.8, 4) is 0 Å². The third kappa shape index (κ3) is 1.23. The summed E-state index contributed by atoms with van der Waals surface area (Å²) >= 11 is 0. The SMILES string of the molecule is CC(C)[C@@H]1CN(C)C(=O)N1. The minimum atomic E-state index is 0.0544. The topological polar surface area (TPSA) is 32.3 Å². The van der Waals surface area contributed by atoms with E-state index >= 15 is 0 Å². The Bertz CT molecular complexity index is 145. The van der Waals surface area contributed by atoms with Crippen LogP contribution in [0.4, 0.5) is 4.79 Å². The second kappa shape index (κ2) is 2.48. The van der Waals surface area contributed by atoms with Crippen molar-refractivity contribution in [2.75, 3.05) is 13.6 Å². The van der Waals surface area contributed by atoms with Gasteiger partial charge < -0.3 is 10.2 Å². The van der Waals surface area contributed by atoms with Gasteiger partial charge in [-0.2, -0.15) is 0 Å². The van der Waals surface area contributed by atoms with Crippen molar-refractivity contribution in [1.82, 2.24) is 10.2 Å². The molecule has 0 unspecified atom stereocenters. The standard InChI is InChI=1S/C7H14N2O/c1-5(2)6-4-9(3)7(10)8-6/h5-6H,4H2,1-3H3,(H,8,10)/t6-/m0/s1. The first-order valence-corrected chi connectivity index (χ1v) is 3.63. The minimum Gasteiger partial charge on any atom is -0.333 e. The van der Waals surface area contributed by atoms with Crippen LogP contribution in [0.25, 0.3) is 0 Å². The largest absolute Gasteiger partial charge is 0.333 e. The van der Waals surface area contributed by atoms with Gasteiger partial charge in [-0.1, -0.05) is 13.8 Å². The number of likely N-dealkylation sites (N-methyl/N-ethyl adjacent to an activating group) is 1. The summed E-state index contributed by atoms with van der Waals surface area (Å²) in [6.07, 6.45) is 0. The van der Waals surface area contributed by atoms with E-state index in [4.69, 9.17) is 0 Å². The van der Waals surface area contributed by atoms with Gasteiger partial charge in [0.15, 0.2) is 0 Å². The summed E-state index contributed by atoms with van der Waals surface area (Å²) in [6, 6.07) is 0.399. The highest BCUT2D eigenvalue weighted by Gasteiger charge is 2.27. The summed E-state index contributed by atoms with van der Waals surface area (Å²) in [5.74, 6) is 0.536. The smallest absolute Gasteiger partial charge is 0.317 e. The van der Waals surface area contributed by atoms with E-state index in [0.717, 1.165) is 6.54 Å². The van der Waals surface area contributed by atoms with Gasteiger partial charge in [-0.05, 0) is 5.92 Å². The summed E-state index contributed by atoms with van der Waals surface area (Å²) in [6.45, 7) is 5.07. The Balaban J connectivity index is 2.49. The third-order valence-corrected chi connectivity index (χ3v) is 1.93. The van der Waals surface area contributed by atoms with E-state index in [9.17, 15) is 4.79 Å². The molecule has 0 aromatic carbocycles. The van der Waals surface area contributed by atoms with Crippen LogP contribution in [0.1, 0.15) is 13.8 Å². The molecule has 0 aliphatic carbocycles. The molecule has 1 heterocycles. The van der Waals surface area contributed by atoms with Crippen LogP contribution >= 0.6 is 0 Å². The van der Waals surface area contributed by atoms with Crippen molar-refractivity contribution in [2.24, 2.45) is 5.92 Å². The molecule has 0 saturated carbocycles. The van der Waals surface area contributed by atoms with E-state index in [-0.39, 0.29) is 6.03 Å². The van der Waals surface area contributed by atoms with Gasteiger partial charge in [0.05, 0.1) is 6.04 Å². The lowest BCUT2D eigenvalue weighted by atomic mass is 10.1. The lowest BCUT2D eigenvalue weighted by molar-refractivity contribution is 0.226. The lowest BCUT2D eigenvalue weighted by Gasteiger charge is -2.12. The zero-order valence-electron chi connectivity index (χ0n) is 6.72. The average Bonchev–Trinajstić information content (AvgIpc) is 2.13. The molecule has 0 aromatic rings. The minimum absolute atomic E-state index is 0.0544. The van der Waals surface area contributed by atoms with Crippen LogP contribution < -0.4 is 5.32 Å². The van der Waals surface area contributed by atoms with Gasteiger partial charge in [-0.15, -0.1) is 0 Å². The van der Waals surface area contributed by atoms with E-state index in [0.29, 0.717) is 12.0 Å². The summed E-state index contributed by atoms with van der Waals surface area (Å²) in [5.41, 5.74) is 0. The van der Waals surface area contributed by atoms with Gasteiger partial charge in [0.2, 0.25) is 0 Å². The van der Waals surface area contributed by atoms with Gasteiger partial charge >= 0.3 is 6.03 Å². The first kappa shape index (κ1) is 7.38. The average molecular weight is 142 g/mol. The quantitative estimate of drug-likeness (QED) is 0.573. The molecule has 0 bridgehead atoms. The van der Waals surface area contributed by atoms with E-state index in [1.54, 1.807) is 4.90 Å². The Morgan fingerprint density at radius 2 is 2.30 bits per heavy atom. The first-order chi connectivity index (χ1) is 4.61. The van der Waals surface area contributed by atoms with Crippen molar-refractivity contribution >= 4 is 6.03 Å². The van der Waals surface area contributed by atoms with Crippen molar-refractivity contribution in [2.45, 2.75) is 19.9 Å². The molecule has 0 aromatic heterocycles. The zero-order chi connectivity index (χ0) is 7.72. The molecule has 1 aliphatic rings. The van der Waals surface area contributed by atoms with Gasteiger partial charge in [-0.25, -0.2) is 4.79 Å². The van der Waals surface area contributed by atoms with Gasteiger partial charge in [0.1, 0.15) is 0 Å². The monoisotopic (exact) mass is 142 g/mol. The van der Waals surface area contributed by atoms with E-state index in [1.807, 2.05) is 7.05 Å². The molecule has 1 saturated heterocycles. The van der Waals surface area contributed by atoms with Crippen LogP contribution in [0.3, 0.4) is 0 Å². The van der Waals surface area contributed by atoms with Crippen molar-refractivity contribution < 1.29 is 4.79 Å². The van der Waals surface area contributed by atoms with Crippen LogP contribution in [0.2, 0.25) is 0 Å². The highest BCUT2D eigenvalue weighted by atomic mass is 16.2. The number of nitrogens with zero attached hydrogens (tertiary/aromatic N) is 1. The Hall–Kier alpha value is -0.730. The Morgan fingerprint density at radius 3 is 2.50 bits per heavy atom. The number of nitrogens with one attached hydrogen (secondary N) is 1. The van der Waals surface area contributed by atoms with Gasteiger partial charge in [-0.3, -0.25) is 0 Å². The normalized spacial score (nSPS) is 25.8. The van der Waals surface area contributed by atoms with Gasteiger partial charge in [0.25, 0.3) is 0 Å². The van der Waals surface area contributed by atoms with Crippen molar-refractivity contribution in [3.05, 3.63) is 0 Å². The maximum Gasteiger partial charge on any atom is 0.317 e. The number of hydrogen-bond acceptors (Lipinski definition) is 1. The molecule has 1 fully saturated rings. The van der Waals surface area contributed by atoms with Crippen LogP contribution in [0.15, 0.2) is 0 Å². The maximum absolute atomic E-state index is 10.9. The van der Waals surface area contributed by atoms with E-state index < -0.39 is 0 Å². The highest BCUT2D eigenvalue weighted by molar-refractivity contribution is 5.76. The highest BCUT2D eigenvalue weighted by Crippen LogP contribution is 2.08. The van der Waals surface area contributed by atoms with Crippen LogP contribution in [0, 0.1) is 5.92 Å². The number of amides is 2. The van der Waals surface area contributed by atoms with Crippen LogP contribution in [-0.4, -0.2) is 30.6 Å². The van der Waals surface area contributed by atoms with Gasteiger partial charge in [0, 0.05) is 13.6 Å². The molecule has 1 rings (SSSR count). The number of urea groups is 1. The molecule has 58 valence electrons. The molecule has 3 heteroatoms. The summed E-state index contributed by atoms with van der Waals surface area (Å²) in [7, 11) is 1.82. The summed E-state index contributed by atoms with van der Waals surface area (Å²) in [5, 5.41) is 2.89. The zero-order valence-corrected chi connectivity index (χ0v) is 6.72. The van der Waals surface area contributed by atoms with E-state index in [1.165, 1.54) is 0 Å². The molecular weight excluding hydrogens is 128 g/mol. The second-order valence-electron chi connectivity index (χ2n) is 3.18. The van der Waals surface area contributed by atoms with Crippen LogP contribution in [-0.2, 0) is 0 Å². The number of carbonyl (C=O) groups excluding carboxylic acids is 1. The molecule has 3 nitrogen and oxygen atoms in total. The maximum atomic E-state index is 10.9. The molecular formula is C7H14N2O. The Labute approximate surface area is 61.4 Å². The number of carbonyl (C=O) groups is 1. The molecule has 0 radical (unpaired) electrons. The molecule has 1 N–H and O–H groups in total. The van der Waals surface area contributed by atoms with Crippen LogP contribution in [0.5, 0.6) is 0 Å². The third-order valence-electron chi connectivity index (χ3n) is 1.93. The van der Waals surface area contributed by atoms with Crippen molar-refractivity contribution in [3.63, 3.8) is 0 Å². The number of rotatable bonds is 1. The molecule has 1 atom stereocenters. The predicted octanol–water partition coefficient (Wildman–Crippen LogP) is 0.666. The molecule has 1 aliphatic heterocycles.